The molecule has 0 saturated heterocycles. The Kier molecular flexibility index (Phi) is 4.54. The first kappa shape index (κ1) is 18.1. The second kappa shape index (κ2) is 6.53. The van der Waals surface area contributed by atoms with E-state index in [1.807, 2.05) is 20.8 Å². The Morgan fingerprint density at radius 3 is 2.58 bits per heavy atom. The largest absolute Gasteiger partial charge is 0.456 e. The Morgan fingerprint density at radius 1 is 1.19 bits per heavy atom. The lowest BCUT2D eigenvalue weighted by Gasteiger charge is -2.20. The van der Waals surface area contributed by atoms with Crippen LogP contribution >= 0.6 is 11.6 Å². The number of benzene rings is 2. The van der Waals surface area contributed by atoms with Crippen molar-refractivity contribution < 1.29 is 14.3 Å². The minimum absolute atomic E-state index is 0.405. The molecule has 2 aromatic carbocycles. The number of fused-ring (bicyclic) bond motifs is 1. The molecule has 26 heavy (non-hydrogen) atoms. The van der Waals surface area contributed by atoms with Gasteiger partial charge >= 0.3 is 6.09 Å². The van der Waals surface area contributed by atoms with Gasteiger partial charge < -0.3 is 15.2 Å². The first-order valence-electron chi connectivity index (χ1n) is 8.09. The zero-order valence-corrected chi connectivity index (χ0v) is 15.8. The number of rotatable bonds is 2. The van der Waals surface area contributed by atoms with Gasteiger partial charge in [0.2, 0.25) is 0 Å². The molecule has 1 aromatic heterocycles. The van der Waals surface area contributed by atoms with Crippen LogP contribution in [-0.2, 0) is 4.74 Å². The fourth-order valence-corrected chi connectivity index (χ4v) is 2.73. The van der Waals surface area contributed by atoms with Crippen molar-refractivity contribution in [2.75, 3.05) is 5.73 Å². The lowest BCUT2D eigenvalue weighted by atomic mass is 10.2. The number of nitrogens with two attached hydrogens (primary N) is 1. The van der Waals surface area contributed by atoms with Gasteiger partial charge in [0.05, 0.1) is 16.1 Å². The highest BCUT2D eigenvalue weighted by Gasteiger charge is 2.22. The smallest absolute Gasteiger partial charge is 0.420 e. The molecule has 0 aliphatic heterocycles. The molecule has 0 spiro atoms. The first-order valence-corrected chi connectivity index (χ1v) is 8.47. The number of hydrogen-bond acceptors (Lipinski definition) is 5. The third-order valence-electron chi connectivity index (χ3n) is 3.55. The van der Waals surface area contributed by atoms with E-state index in [9.17, 15) is 4.79 Å². The van der Waals surface area contributed by atoms with E-state index in [4.69, 9.17) is 26.8 Å². The summed E-state index contributed by atoms with van der Waals surface area (Å²) in [5.41, 5.74) is 6.91. The van der Waals surface area contributed by atoms with Crippen LogP contribution < -0.4 is 10.5 Å². The second-order valence-electron chi connectivity index (χ2n) is 6.92. The summed E-state index contributed by atoms with van der Waals surface area (Å²) in [7, 11) is 0. The molecule has 136 valence electrons. The van der Waals surface area contributed by atoms with Crippen LogP contribution in [0, 0.1) is 6.92 Å². The molecule has 3 aromatic rings. The van der Waals surface area contributed by atoms with E-state index in [0.29, 0.717) is 39.1 Å². The Hall–Kier alpha value is -2.73. The van der Waals surface area contributed by atoms with Gasteiger partial charge in [-0.1, -0.05) is 11.6 Å². The lowest BCUT2D eigenvalue weighted by molar-refractivity contribution is 0.0540. The SMILES string of the molecule is Cc1nc2ccc(Oc3ccc(N)cc3Cl)cc2n1C(=O)OC(C)(C)C. The quantitative estimate of drug-likeness (QED) is 0.628. The molecule has 0 bridgehead atoms. The molecule has 7 heteroatoms. The van der Waals surface area contributed by atoms with Crippen molar-refractivity contribution in [2.24, 2.45) is 0 Å². The summed E-state index contributed by atoms with van der Waals surface area (Å²) in [6.07, 6.45) is -0.486. The Morgan fingerprint density at radius 2 is 1.92 bits per heavy atom. The maximum absolute atomic E-state index is 12.5. The van der Waals surface area contributed by atoms with Crippen LogP contribution in [0.2, 0.25) is 5.02 Å². The highest BCUT2D eigenvalue weighted by Crippen LogP contribution is 2.32. The molecule has 6 nitrogen and oxygen atoms in total. The van der Waals surface area contributed by atoms with Gasteiger partial charge in [-0.2, -0.15) is 0 Å². The number of nitrogens with zero attached hydrogens (tertiary/aromatic N) is 2. The van der Waals surface area contributed by atoms with Crippen molar-refractivity contribution in [3.8, 4) is 11.5 Å². The summed E-state index contributed by atoms with van der Waals surface area (Å²) in [5.74, 6) is 1.53. The van der Waals surface area contributed by atoms with Crippen LogP contribution in [0.3, 0.4) is 0 Å². The minimum atomic E-state index is -0.605. The monoisotopic (exact) mass is 373 g/mol. The summed E-state index contributed by atoms with van der Waals surface area (Å²) < 4.78 is 12.7. The Balaban J connectivity index is 1.99. The summed E-state index contributed by atoms with van der Waals surface area (Å²) in [6.45, 7) is 7.20. The topological polar surface area (TPSA) is 79.4 Å². The van der Waals surface area contributed by atoms with Gasteiger partial charge in [0, 0.05) is 11.8 Å². The van der Waals surface area contributed by atoms with Crippen molar-refractivity contribution in [2.45, 2.75) is 33.3 Å². The van der Waals surface area contributed by atoms with Gasteiger partial charge in [0.25, 0.3) is 0 Å². The van der Waals surface area contributed by atoms with E-state index in [1.165, 1.54) is 4.57 Å². The number of anilines is 1. The first-order chi connectivity index (χ1) is 12.1. The van der Waals surface area contributed by atoms with E-state index >= 15 is 0 Å². The van der Waals surface area contributed by atoms with Crippen molar-refractivity contribution in [3.63, 3.8) is 0 Å². The van der Waals surface area contributed by atoms with Crippen LogP contribution in [-0.4, -0.2) is 21.2 Å². The number of aryl methyl sites for hydroxylation is 1. The van der Waals surface area contributed by atoms with Gasteiger partial charge in [-0.05, 0) is 58.0 Å². The fraction of sp³-hybridized carbons (Fsp3) is 0.263. The number of nitrogen functional groups attached to an aromatic ring is 1. The van der Waals surface area contributed by atoms with Crippen LogP contribution in [0.15, 0.2) is 36.4 Å². The highest BCUT2D eigenvalue weighted by molar-refractivity contribution is 6.32. The highest BCUT2D eigenvalue weighted by atomic mass is 35.5. The van der Waals surface area contributed by atoms with E-state index in [-0.39, 0.29) is 0 Å². The molecule has 0 amide bonds. The molecular formula is C19H20ClN3O3. The predicted molar refractivity (Wildman–Crippen MR) is 102 cm³/mol. The lowest BCUT2D eigenvalue weighted by Crippen LogP contribution is -2.27. The Bertz CT molecular complexity index is 990. The molecule has 2 N–H and O–H groups in total. The molecular weight excluding hydrogens is 354 g/mol. The number of hydrogen-bond donors (Lipinski definition) is 1. The average Bonchev–Trinajstić information content (AvgIpc) is 2.83. The molecule has 0 aliphatic carbocycles. The molecule has 0 aliphatic rings. The maximum Gasteiger partial charge on any atom is 0.420 e. The maximum atomic E-state index is 12.5. The van der Waals surface area contributed by atoms with Crippen LogP contribution in [0.5, 0.6) is 11.5 Å². The molecule has 0 saturated carbocycles. The number of carbonyl (C=O) groups is 1. The van der Waals surface area contributed by atoms with Gasteiger partial charge in [0.15, 0.2) is 0 Å². The number of halogens is 1. The Labute approximate surface area is 156 Å². The predicted octanol–water partition coefficient (Wildman–Crippen LogP) is 5.16. The standard InChI is InChI=1S/C19H20ClN3O3/c1-11-22-15-7-6-13(25-17-8-5-12(21)9-14(17)20)10-16(15)23(11)18(24)26-19(2,3)4/h5-10H,21H2,1-4H3. The molecule has 3 rings (SSSR count). The summed E-state index contributed by atoms with van der Waals surface area (Å²) >= 11 is 6.16. The van der Waals surface area contributed by atoms with Crippen molar-refractivity contribution in [1.82, 2.24) is 9.55 Å². The van der Waals surface area contributed by atoms with Gasteiger partial charge in [0.1, 0.15) is 22.9 Å². The average molecular weight is 374 g/mol. The molecule has 1 heterocycles. The van der Waals surface area contributed by atoms with E-state index < -0.39 is 11.7 Å². The molecule has 0 fully saturated rings. The molecule has 0 radical (unpaired) electrons. The van der Waals surface area contributed by atoms with Crippen molar-refractivity contribution in [1.29, 1.82) is 0 Å². The number of aromatic nitrogens is 2. The molecule has 0 atom stereocenters. The van der Waals surface area contributed by atoms with Crippen molar-refractivity contribution in [3.05, 3.63) is 47.2 Å². The summed E-state index contributed by atoms with van der Waals surface area (Å²) in [5, 5.41) is 0.405. The fourth-order valence-electron chi connectivity index (χ4n) is 2.50. The summed E-state index contributed by atoms with van der Waals surface area (Å²) in [4.78, 5) is 16.9. The third kappa shape index (κ3) is 3.75. The van der Waals surface area contributed by atoms with Crippen LogP contribution in [0.25, 0.3) is 11.0 Å². The normalized spacial score (nSPS) is 11.6. The van der Waals surface area contributed by atoms with Gasteiger partial charge in [-0.15, -0.1) is 0 Å². The van der Waals surface area contributed by atoms with Crippen LogP contribution in [0.1, 0.15) is 26.6 Å². The number of carbonyl (C=O) groups excluding carboxylic acids is 1. The second-order valence-corrected chi connectivity index (χ2v) is 7.32. The van der Waals surface area contributed by atoms with Gasteiger partial charge in [-0.25, -0.2) is 14.3 Å². The van der Waals surface area contributed by atoms with E-state index in [0.717, 1.165) is 0 Å². The van der Waals surface area contributed by atoms with Crippen molar-refractivity contribution >= 4 is 34.4 Å². The number of ether oxygens (including phenoxy) is 2. The molecule has 0 unspecified atom stereocenters. The zero-order chi connectivity index (χ0) is 19.1. The van der Waals surface area contributed by atoms with E-state index in [1.54, 1.807) is 43.3 Å². The van der Waals surface area contributed by atoms with E-state index in [2.05, 4.69) is 4.98 Å². The number of imidazole rings is 1. The zero-order valence-electron chi connectivity index (χ0n) is 15.0. The third-order valence-corrected chi connectivity index (χ3v) is 3.85. The summed E-state index contributed by atoms with van der Waals surface area (Å²) in [6, 6.07) is 10.3. The minimum Gasteiger partial charge on any atom is -0.456 e. The van der Waals surface area contributed by atoms with Crippen LogP contribution in [0.4, 0.5) is 10.5 Å². The van der Waals surface area contributed by atoms with Gasteiger partial charge in [-0.3, -0.25) is 0 Å².